The Hall–Kier alpha value is -5.62. The minimum atomic E-state index is -3.59. The van der Waals surface area contributed by atoms with Crippen molar-refractivity contribution in [3.05, 3.63) is 60.7 Å². The van der Waals surface area contributed by atoms with Crippen LogP contribution < -0.4 is 10.4 Å². The number of hydrogen-bond donors (Lipinski definition) is 0. The zero-order valence-corrected chi connectivity index (χ0v) is 79.7. The van der Waals surface area contributed by atoms with Crippen LogP contribution in [-0.4, -0.2) is 116 Å². The highest BCUT2D eigenvalue weighted by Gasteiger charge is 2.53. The second-order valence-corrected chi connectivity index (χ2v) is 41.0. The van der Waals surface area contributed by atoms with Crippen LogP contribution in [0.25, 0.3) is 0 Å². The van der Waals surface area contributed by atoms with Gasteiger partial charge in [-0.05, 0) is 110 Å². The van der Waals surface area contributed by atoms with Gasteiger partial charge < -0.3 is 42.3 Å². The topological polar surface area (TPSA) is 220 Å². The minimum Gasteiger partial charge on any atom is -0.465 e. The van der Waals surface area contributed by atoms with Gasteiger partial charge in [-0.15, -0.1) is 0 Å². The molecule has 0 heterocycles. The van der Waals surface area contributed by atoms with Crippen molar-refractivity contribution in [2.24, 2.45) is 40.4 Å². The molecule has 2 aromatic rings. The first kappa shape index (κ1) is 110. The maximum absolute atomic E-state index is 16.4. The van der Waals surface area contributed by atoms with E-state index in [-0.39, 0.29) is 69.2 Å². The van der Waals surface area contributed by atoms with Crippen molar-refractivity contribution in [3.63, 3.8) is 0 Å². The standard InChI is InChI=1S/C102H176O17Si/c1-14-24-34-36-38-40-56-70-111-96(107)76-97(108)117-82-102(80-115-94(105)74-87(62-48-30-20-7)63-49-31-21-8,81-116-95(106)75-88(64-50-32-22-9)65-51-33-23-10)83-118-99(110)91(98(109)112-71-57-41-39-37-35-25-15-2)77-101(78-113-92(103)72-85(58-44-26-16-3)59-45-27-17-4,79-114-93(104)73-86(60-46-28-18-5)61-47-29-19-6)84-119-120(100(11,12)13,89-66-52-42-53-67-89)90-68-54-43-55-69-90/h42-43,52-55,66-69,85-88,91H,14-41,44-51,56-65,70-84H2,1-13H3. The molecule has 0 aliphatic heterocycles. The molecule has 0 radical (unpaired) electrons. The Morgan fingerprint density at radius 3 is 0.833 bits per heavy atom. The zero-order chi connectivity index (χ0) is 88.2. The molecule has 0 fully saturated rings. The van der Waals surface area contributed by atoms with Gasteiger partial charge in [0.15, 0.2) is 5.92 Å². The lowest BCUT2D eigenvalue weighted by molar-refractivity contribution is -0.176. The van der Waals surface area contributed by atoms with Crippen molar-refractivity contribution < 1.29 is 80.7 Å². The van der Waals surface area contributed by atoms with Gasteiger partial charge in [-0.3, -0.25) is 38.4 Å². The average Bonchev–Trinajstić information content (AvgIpc) is 0.743. The van der Waals surface area contributed by atoms with E-state index in [0.717, 1.165) is 293 Å². The largest absolute Gasteiger partial charge is 0.465 e. The van der Waals surface area contributed by atoms with Crippen LogP contribution in [0.1, 0.15) is 424 Å². The van der Waals surface area contributed by atoms with Crippen molar-refractivity contribution in [1.29, 1.82) is 0 Å². The summed E-state index contributed by atoms with van der Waals surface area (Å²) in [6.45, 7) is 24.4. The van der Waals surface area contributed by atoms with Gasteiger partial charge in [-0.2, -0.15) is 0 Å². The monoisotopic (exact) mass is 1700 g/mol. The SMILES string of the molecule is CCCCCCCCCOC(=O)CC(=O)OCC(COC(=O)CC(CCCCC)CCCCC)(COC(=O)CC(CCCCC)CCCCC)COC(=O)C(CC(COC(=O)CC(CCCCC)CCCCC)(COC(=O)CC(CCCCC)CCCCC)CO[Si](c1ccccc1)(c1ccccc1)C(C)(C)C)C(=O)OCCCCCCCCC. The van der Waals surface area contributed by atoms with Gasteiger partial charge in [-0.1, -0.05) is 382 Å². The summed E-state index contributed by atoms with van der Waals surface area (Å²) in [6.07, 6.45) is 43.1. The first-order valence-corrected chi connectivity index (χ1v) is 51.0. The number of carbonyl (C=O) groups is 8. The summed E-state index contributed by atoms with van der Waals surface area (Å²) < 4.78 is 58.8. The average molecular weight is 1700 g/mol. The van der Waals surface area contributed by atoms with E-state index in [1.54, 1.807) is 0 Å². The third kappa shape index (κ3) is 49.8. The Morgan fingerprint density at radius 1 is 0.275 bits per heavy atom. The van der Waals surface area contributed by atoms with E-state index < -0.39 is 130 Å². The highest BCUT2D eigenvalue weighted by Crippen LogP contribution is 2.41. The fourth-order valence-corrected chi connectivity index (χ4v) is 21.3. The maximum atomic E-state index is 16.4. The van der Waals surface area contributed by atoms with Crippen LogP contribution in [0.3, 0.4) is 0 Å². The molecule has 0 spiro atoms. The molecule has 0 aliphatic carbocycles. The Kier molecular flexibility index (Phi) is 64.1. The normalized spacial score (nSPS) is 12.3. The van der Waals surface area contributed by atoms with E-state index in [9.17, 15) is 19.2 Å². The Bertz CT molecular complexity index is 2770. The third-order valence-corrected chi connectivity index (χ3v) is 29.3. The lowest BCUT2D eigenvalue weighted by atomic mass is 9.80. The molecule has 690 valence electrons. The summed E-state index contributed by atoms with van der Waals surface area (Å²) in [5.41, 5.74) is -3.52. The van der Waals surface area contributed by atoms with Crippen LogP contribution in [0.4, 0.5) is 0 Å². The van der Waals surface area contributed by atoms with Gasteiger partial charge in [0.05, 0.1) is 18.6 Å². The molecule has 17 nitrogen and oxygen atoms in total. The number of esters is 8. The quantitative estimate of drug-likeness (QED) is 0.0198. The van der Waals surface area contributed by atoms with E-state index in [2.05, 4.69) is 114 Å². The minimum absolute atomic E-state index is 0.00571. The van der Waals surface area contributed by atoms with E-state index in [4.69, 9.17) is 42.3 Å². The smallest absolute Gasteiger partial charge is 0.320 e. The molecule has 0 bridgehead atoms. The molecule has 0 saturated heterocycles. The first-order chi connectivity index (χ1) is 58.0. The number of unbranched alkanes of at least 4 members (excludes halogenated alkanes) is 28. The lowest BCUT2D eigenvalue weighted by Gasteiger charge is -2.46. The van der Waals surface area contributed by atoms with Gasteiger partial charge >= 0.3 is 47.8 Å². The van der Waals surface area contributed by atoms with Crippen LogP contribution in [0.2, 0.25) is 5.04 Å². The van der Waals surface area contributed by atoms with Crippen molar-refractivity contribution in [2.45, 2.75) is 429 Å². The van der Waals surface area contributed by atoms with Crippen molar-refractivity contribution in [2.75, 3.05) is 59.5 Å². The molecular weight excluding hydrogens is 1530 g/mol. The van der Waals surface area contributed by atoms with Gasteiger partial charge in [0.25, 0.3) is 8.32 Å². The molecule has 0 saturated carbocycles. The van der Waals surface area contributed by atoms with Crippen LogP contribution in [0, 0.1) is 40.4 Å². The molecule has 0 aliphatic rings. The van der Waals surface area contributed by atoms with Gasteiger partial charge in [-0.25, -0.2) is 0 Å². The summed E-state index contributed by atoms with van der Waals surface area (Å²) in [7, 11) is -3.59. The molecule has 2 aromatic carbocycles. The molecule has 0 amide bonds. The zero-order valence-electron chi connectivity index (χ0n) is 78.7. The maximum Gasteiger partial charge on any atom is 0.320 e. The Labute approximate surface area is 732 Å². The number of ether oxygens (including phenoxy) is 8. The second-order valence-electron chi connectivity index (χ2n) is 36.7. The van der Waals surface area contributed by atoms with E-state index >= 15 is 19.2 Å². The van der Waals surface area contributed by atoms with Crippen LogP contribution in [0.5, 0.6) is 0 Å². The van der Waals surface area contributed by atoms with Gasteiger partial charge in [0.2, 0.25) is 0 Å². The molecule has 0 aromatic heterocycles. The van der Waals surface area contributed by atoms with Gasteiger partial charge in [0.1, 0.15) is 51.5 Å². The van der Waals surface area contributed by atoms with Crippen LogP contribution in [-0.2, 0) is 80.7 Å². The Morgan fingerprint density at radius 2 is 0.525 bits per heavy atom. The van der Waals surface area contributed by atoms with E-state index in [1.165, 1.54) is 0 Å². The number of hydrogen-bond acceptors (Lipinski definition) is 17. The van der Waals surface area contributed by atoms with Gasteiger partial charge in [0, 0.05) is 32.3 Å². The molecule has 1 unspecified atom stereocenters. The van der Waals surface area contributed by atoms with E-state index in [0.29, 0.717) is 12.8 Å². The summed E-state index contributed by atoms with van der Waals surface area (Å²) in [4.78, 5) is 120. The molecule has 18 heteroatoms. The predicted octanol–water partition coefficient (Wildman–Crippen LogP) is 25.4. The van der Waals surface area contributed by atoms with E-state index in [1.807, 2.05) is 36.4 Å². The van der Waals surface area contributed by atoms with Crippen molar-refractivity contribution in [3.8, 4) is 0 Å². The summed E-state index contributed by atoms with van der Waals surface area (Å²) in [5, 5.41) is 1.26. The van der Waals surface area contributed by atoms with Crippen LogP contribution >= 0.6 is 0 Å². The molecule has 120 heavy (non-hydrogen) atoms. The second kappa shape index (κ2) is 69.6. The highest BCUT2D eigenvalue weighted by molar-refractivity contribution is 6.99. The lowest BCUT2D eigenvalue weighted by Crippen LogP contribution is -2.67. The number of benzene rings is 2. The predicted molar refractivity (Wildman–Crippen MR) is 490 cm³/mol. The third-order valence-electron chi connectivity index (χ3n) is 24.3. The summed E-state index contributed by atoms with van der Waals surface area (Å²) in [6, 6.07) is 20.2. The molecule has 2 rings (SSSR count). The van der Waals surface area contributed by atoms with Crippen molar-refractivity contribution in [1.82, 2.24) is 0 Å². The molecule has 1 atom stereocenters. The Balaban J connectivity index is 3.32. The highest BCUT2D eigenvalue weighted by atomic mass is 28.4. The summed E-state index contributed by atoms with van der Waals surface area (Å²) >= 11 is 0. The fraction of sp³-hybridized carbons (Fsp3) is 0.804. The number of rotatable bonds is 79. The molecular formula is C102H176O17Si. The number of carbonyl (C=O) groups excluding carboxylic acids is 8. The summed E-state index contributed by atoms with van der Waals surface area (Å²) in [5.74, 6) is -7.55. The van der Waals surface area contributed by atoms with Crippen LogP contribution in [0.15, 0.2) is 60.7 Å². The first-order valence-electron chi connectivity index (χ1n) is 49.0. The fourth-order valence-electron chi connectivity index (χ4n) is 16.6. The van der Waals surface area contributed by atoms with Crippen molar-refractivity contribution >= 4 is 66.4 Å². The molecule has 0 N–H and O–H groups in total.